The molecule has 0 bridgehead atoms. The summed E-state index contributed by atoms with van der Waals surface area (Å²) in [4.78, 5) is 14.1. The zero-order chi connectivity index (χ0) is 9.84. The number of aliphatic hydroxyl groups is 1. The summed E-state index contributed by atoms with van der Waals surface area (Å²) in [7, 11) is 0. The molecule has 1 aromatic heterocycles. The molecule has 0 radical (unpaired) electrons. The van der Waals surface area contributed by atoms with Crippen LogP contribution in [-0.2, 0) is 4.79 Å². The maximum atomic E-state index is 10.4. The first-order chi connectivity index (χ1) is 6.13. The van der Waals surface area contributed by atoms with Gasteiger partial charge >= 0.3 is 5.97 Å². The van der Waals surface area contributed by atoms with Crippen molar-refractivity contribution >= 4 is 18.4 Å². The van der Waals surface area contributed by atoms with E-state index in [1.807, 2.05) is 0 Å². The Morgan fingerprint density at radius 3 is 2.64 bits per heavy atom. The summed E-state index contributed by atoms with van der Waals surface area (Å²) in [6.45, 7) is 0. The molecule has 1 aromatic rings. The molecule has 0 saturated heterocycles. The van der Waals surface area contributed by atoms with Crippen molar-refractivity contribution in [3.63, 3.8) is 0 Å². The van der Waals surface area contributed by atoms with Gasteiger partial charge in [0, 0.05) is 18.0 Å². The van der Waals surface area contributed by atoms with Gasteiger partial charge in [-0.1, -0.05) is 6.07 Å². The van der Waals surface area contributed by atoms with Gasteiger partial charge in [-0.3, -0.25) is 9.78 Å². The van der Waals surface area contributed by atoms with Gasteiger partial charge in [0.25, 0.3) is 0 Å². The summed E-state index contributed by atoms with van der Waals surface area (Å²) in [6, 6.07) is 1.86. The lowest BCUT2D eigenvalue weighted by Crippen LogP contribution is -2.36. The Kier molecular flexibility index (Phi) is 5.07. The topological polar surface area (TPSA) is 96.4 Å². The van der Waals surface area contributed by atoms with Crippen LogP contribution < -0.4 is 5.73 Å². The Morgan fingerprint density at radius 2 is 2.21 bits per heavy atom. The zero-order valence-corrected chi connectivity index (χ0v) is 8.02. The van der Waals surface area contributed by atoms with Gasteiger partial charge in [-0.2, -0.15) is 0 Å². The number of hydrogen-bond donors (Lipinski definition) is 3. The van der Waals surface area contributed by atoms with Crippen LogP contribution in [-0.4, -0.2) is 27.2 Å². The molecule has 0 aliphatic heterocycles. The van der Waals surface area contributed by atoms with E-state index >= 15 is 0 Å². The molecule has 0 spiro atoms. The van der Waals surface area contributed by atoms with Crippen molar-refractivity contribution in [1.82, 2.24) is 4.98 Å². The number of aliphatic carboxylic acids is 1. The van der Waals surface area contributed by atoms with Gasteiger partial charge in [0.1, 0.15) is 12.1 Å². The van der Waals surface area contributed by atoms with E-state index in [4.69, 9.17) is 10.8 Å². The van der Waals surface area contributed by atoms with Crippen LogP contribution in [0.25, 0.3) is 0 Å². The standard InChI is InChI=1S/C8H10N2O3.ClH/c9-6(8(12)13)7(11)5-2-1-3-10-4-5;/h1-4,6-7,11H,9H2,(H,12,13);1H. The number of rotatable bonds is 3. The molecule has 0 amide bonds. The minimum absolute atomic E-state index is 0. The maximum Gasteiger partial charge on any atom is 0.323 e. The van der Waals surface area contributed by atoms with E-state index in [1.54, 1.807) is 12.1 Å². The second-order valence-electron chi connectivity index (χ2n) is 2.60. The van der Waals surface area contributed by atoms with Gasteiger partial charge in [0.15, 0.2) is 0 Å². The van der Waals surface area contributed by atoms with Crippen LogP contribution >= 0.6 is 12.4 Å². The molecule has 0 aromatic carbocycles. The predicted molar refractivity (Wildman–Crippen MR) is 52.1 cm³/mol. The Morgan fingerprint density at radius 1 is 1.57 bits per heavy atom. The van der Waals surface area contributed by atoms with Gasteiger partial charge in [0.05, 0.1) is 0 Å². The van der Waals surface area contributed by atoms with Gasteiger partial charge in [-0.25, -0.2) is 0 Å². The Labute approximate surface area is 87.0 Å². The van der Waals surface area contributed by atoms with Gasteiger partial charge in [-0.05, 0) is 6.07 Å². The molecule has 2 atom stereocenters. The molecule has 0 aliphatic rings. The normalized spacial score (nSPS) is 13.9. The van der Waals surface area contributed by atoms with Crippen LogP contribution in [0, 0.1) is 0 Å². The first-order valence-electron chi connectivity index (χ1n) is 3.69. The molecule has 78 valence electrons. The van der Waals surface area contributed by atoms with Crippen LogP contribution in [0.5, 0.6) is 0 Å². The van der Waals surface area contributed by atoms with E-state index in [1.165, 1.54) is 12.4 Å². The molecule has 2 unspecified atom stereocenters. The summed E-state index contributed by atoms with van der Waals surface area (Å²) >= 11 is 0. The summed E-state index contributed by atoms with van der Waals surface area (Å²) < 4.78 is 0. The van der Waals surface area contributed by atoms with Crippen LogP contribution in [0.2, 0.25) is 0 Å². The molecule has 5 nitrogen and oxygen atoms in total. The van der Waals surface area contributed by atoms with E-state index in [2.05, 4.69) is 4.98 Å². The van der Waals surface area contributed by atoms with Crippen molar-refractivity contribution in [2.75, 3.05) is 0 Å². The van der Waals surface area contributed by atoms with Crippen molar-refractivity contribution in [3.8, 4) is 0 Å². The summed E-state index contributed by atoms with van der Waals surface area (Å²) in [6.07, 6.45) is 1.70. The van der Waals surface area contributed by atoms with Crippen LogP contribution in [0.4, 0.5) is 0 Å². The molecular formula is C8H11ClN2O3. The zero-order valence-electron chi connectivity index (χ0n) is 7.20. The number of halogens is 1. The van der Waals surface area contributed by atoms with E-state index in [9.17, 15) is 9.90 Å². The van der Waals surface area contributed by atoms with Crippen LogP contribution in [0.3, 0.4) is 0 Å². The number of aliphatic hydroxyl groups excluding tert-OH is 1. The number of nitrogens with two attached hydrogens (primary N) is 1. The molecule has 1 heterocycles. The van der Waals surface area contributed by atoms with E-state index in [0.717, 1.165) is 0 Å². The highest BCUT2D eigenvalue weighted by atomic mass is 35.5. The van der Waals surface area contributed by atoms with Gasteiger partial charge in [0.2, 0.25) is 0 Å². The molecule has 6 heteroatoms. The number of pyridine rings is 1. The maximum absolute atomic E-state index is 10.4. The predicted octanol–water partition coefficient (Wildman–Crippen LogP) is -0.0513. The molecule has 0 aliphatic carbocycles. The SMILES string of the molecule is Cl.NC(C(=O)O)C(O)c1cccnc1. The molecule has 0 fully saturated rings. The minimum atomic E-state index is -1.32. The summed E-state index contributed by atoms with van der Waals surface area (Å²) in [5.41, 5.74) is 5.62. The number of carboxylic acids is 1. The number of carboxylic acid groups (broad SMARTS) is 1. The highest BCUT2D eigenvalue weighted by Gasteiger charge is 2.23. The fourth-order valence-corrected chi connectivity index (χ4v) is 0.893. The lowest BCUT2D eigenvalue weighted by Gasteiger charge is -2.14. The Bertz CT molecular complexity index is 294. The highest BCUT2D eigenvalue weighted by Crippen LogP contribution is 2.13. The van der Waals surface area contributed by atoms with Crippen LogP contribution in [0.15, 0.2) is 24.5 Å². The van der Waals surface area contributed by atoms with Gasteiger partial charge < -0.3 is 15.9 Å². The molecular weight excluding hydrogens is 208 g/mol. The van der Waals surface area contributed by atoms with Crippen molar-refractivity contribution in [1.29, 1.82) is 0 Å². The second kappa shape index (κ2) is 5.54. The van der Waals surface area contributed by atoms with Gasteiger partial charge in [-0.15, -0.1) is 12.4 Å². The quantitative estimate of drug-likeness (QED) is 0.661. The molecule has 4 N–H and O–H groups in total. The molecule has 14 heavy (non-hydrogen) atoms. The fourth-order valence-electron chi connectivity index (χ4n) is 0.893. The third-order valence-corrected chi connectivity index (χ3v) is 1.65. The fraction of sp³-hybridized carbons (Fsp3) is 0.250. The second-order valence-corrected chi connectivity index (χ2v) is 2.60. The first kappa shape index (κ1) is 12.8. The first-order valence-corrected chi connectivity index (χ1v) is 3.69. The lowest BCUT2D eigenvalue weighted by molar-refractivity contribution is -0.141. The number of aromatic nitrogens is 1. The number of nitrogens with zero attached hydrogens (tertiary/aromatic N) is 1. The number of hydrogen-bond acceptors (Lipinski definition) is 4. The minimum Gasteiger partial charge on any atom is -0.480 e. The lowest BCUT2D eigenvalue weighted by atomic mass is 10.1. The monoisotopic (exact) mass is 218 g/mol. The summed E-state index contributed by atoms with van der Waals surface area (Å²) in [5.74, 6) is -1.24. The average molecular weight is 219 g/mol. The van der Waals surface area contributed by atoms with Crippen molar-refractivity contribution in [2.24, 2.45) is 5.73 Å². The third kappa shape index (κ3) is 2.95. The largest absolute Gasteiger partial charge is 0.480 e. The van der Waals surface area contributed by atoms with E-state index < -0.39 is 18.1 Å². The van der Waals surface area contributed by atoms with E-state index in [0.29, 0.717) is 5.56 Å². The summed E-state index contributed by atoms with van der Waals surface area (Å²) in [5, 5.41) is 17.9. The van der Waals surface area contributed by atoms with Crippen molar-refractivity contribution < 1.29 is 15.0 Å². The average Bonchev–Trinajstić information content (AvgIpc) is 2.17. The molecule has 1 rings (SSSR count). The Hall–Kier alpha value is -1.17. The van der Waals surface area contributed by atoms with E-state index in [-0.39, 0.29) is 12.4 Å². The van der Waals surface area contributed by atoms with Crippen molar-refractivity contribution in [2.45, 2.75) is 12.1 Å². The Balaban J connectivity index is 0.00000169. The van der Waals surface area contributed by atoms with Crippen LogP contribution in [0.1, 0.15) is 11.7 Å². The highest BCUT2D eigenvalue weighted by molar-refractivity contribution is 5.85. The molecule has 0 saturated carbocycles. The third-order valence-electron chi connectivity index (χ3n) is 1.65. The van der Waals surface area contributed by atoms with Crippen molar-refractivity contribution in [3.05, 3.63) is 30.1 Å². The smallest absolute Gasteiger partial charge is 0.323 e. The number of carbonyl (C=O) groups is 1.